The molecule has 1 aromatic rings. The topological polar surface area (TPSA) is 0 Å². The Bertz CT molecular complexity index is 239. The lowest BCUT2D eigenvalue weighted by Crippen LogP contribution is -1.77. The molecule has 0 N–H and O–H groups in total. The van der Waals surface area contributed by atoms with E-state index in [1.807, 2.05) is 12.1 Å². The van der Waals surface area contributed by atoms with Crippen molar-refractivity contribution in [1.82, 2.24) is 0 Å². The molecule has 1 aromatic carbocycles. The summed E-state index contributed by atoms with van der Waals surface area (Å²) in [7, 11) is 0. The van der Waals surface area contributed by atoms with E-state index in [0.717, 1.165) is 0 Å². The molecule has 1 aliphatic rings. The maximum absolute atomic E-state index is 2.97. The maximum Gasteiger partial charge on any atom is 0.0425 e. The lowest BCUT2D eigenvalue weighted by molar-refractivity contribution is 1.25. The molecule has 0 bridgehead atoms. The molecule has 0 aliphatic carbocycles. The minimum Gasteiger partial charge on any atom is -0.0864 e. The van der Waals surface area contributed by atoms with E-state index in [2.05, 4.69) is 22.9 Å². The van der Waals surface area contributed by atoms with E-state index in [1.54, 1.807) is 23.5 Å². The van der Waals surface area contributed by atoms with E-state index in [9.17, 15) is 0 Å². The minimum atomic E-state index is 1.28. The highest BCUT2D eigenvalue weighted by Crippen LogP contribution is 2.35. The second-order valence-corrected chi connectivity index (χ2v) is 3.55. The molecule has 0 nitrogen and oxygen atoms in total. The van der Waals surface area contributed by atoms with Crippen LogP contribution in [0.25, 0.3) is 0 Å². The Morgan fingerprint density at radius 3 is 1.90 bits per heavy atom. The van der Waals surface area contributed by atoms with Crippen LogP contribution in [0, 0.1) is 10.8 Å². The largest absolute Gasteiger partial charge is 0.0864 e. The molecule has 0 spiro atoms. The highest BCUT2D eigenvalue weighted by atomic mass is 32.2. The van der Waals surface area contributed by atoms with E-state index in [4.69, 9.17) is 0 Å². The van der Waals surface area contributed by atoms with Crippen LogP contribution in [0.3, 0.4) is 0 Å². The Hall–Kier alpha value is -0.340. The van der Waals surface area contributed by atoms with E-state index in [0.29, 0.717) is 0 Å². The van der Waals surface area contributed by atoms with Crippen molar-refractivity contribution in [3.8, 4) is 0 Å². The second-order valence-electron chi connectivity index (χ2n) is 1.85. The third-order valence-corrected chi connectivity index (χ3v) is 3.03. The fraction of sp³-hybridized carbons (Fsp3) is 0. The highest BCUT2D eigenvalue weighted by Gasteiger charge is 2.03. The molecular weight excluding hydrogens is 160 g/mol. The average molecular weight is 164 g/mol. The molecule has 1 heterocycles. The molecule has 0 atom stereocenters. The van der Waals surface area contributed by atoms with Crippen LogP contribution in [0.4, 0.5) is 0 Å². The first-order valence-corrected chi connectivity index (χ1v) is 4.53. The zero-order chi connectivity index (χ0) is 6.81. The smallest absolute Gasteiger partial charge is 0.0425 e. The van der Waals surface area contributed by atoms with Crippen molar-refractivity contribution in [3.63, 3.8) is 0 Å². The van der Waals surface area contributed by atoms with Gasteiger partial charge in [-0.25, -0.2) is 0 Å². The van der Waals surface area contributed by atoms with Gasteiger partial charge in [-0.3, -0.25) is 0 Å². The summed E-state index contributed by atoms with van der Waals surface area (Å²) in [5.74, 6) is 0. The van der Waals surface area contributed by atoms with Gasteiger partial charge in [-0.2, -0.15) is 0 Å². The number of hydrogen-bond donors (Lipinski definition) is 0. The van der Waals surface area contributed by atoms with E-state index in [1.165, 1.54) is 9.79 Å². The van der Waals surface area contributed by atoms with Gasteiger partial charge >= 0.3 is 0 Å². The molecule has 0 unspecified atom stereocenters. The molecule has 0 aromatic heterocycles. The van der Waals surface area contributed by atoms with Crippen molar-refractivity contribution in [3.05, 3.63) is 35.1 Å². The molecule has 0 saturated carbocycles. The third-order valence-electron chi connectivity index (χ3n) is 1.21. The van der Waals surface area contributed by atoms with Crippen molar-refractivity contribution in [2.24, 2.45) is 0 Å². The van der Waals surface area contributed by atoms with Crippen LogP contribution >= 0.6 is 23.5 Å². The molecule has 1 aliphatic heterocycles. The summed E-state index contributed by atoms with van der Waals surface area (Å²) in [6.07, 6.45) is 0. The Morgan fingerprint density at radius 1 is 0.900 bits per heavy atom. The van der Waals surface area contributed by atoms with Crippen molar-refractivity contribution in [2.75, 3.05) is 0 Å². The zero-order valence-electron chi connectivity index (χ0n) is 5.13. The van der Waals surface area contributed by atoms with Crippen LogP contribution in [0.1, 0.15) is 0 Å². The van der Waals surface area contributed by atoms with Crippen molar-refractivity contribution >= 4 is 23.5 Å². The Morgan fingerprint density at radius 2 is 1.40 bits per heavy atom. The summed E-state index contributed by atoms with van der Waals surface area (Å²) < 4.78 is 0. The van der Waals surface area contributed by atoms with E-state index >= 15 is 0 Å². The van der Waals surface area contributed by atoms with Gasteiger partial charge in [0.25, 0.3) is 0 Å². The Kier molecular flexibility index (Phi) is 1.74. The quantitative estimate of drug-likeness (QED) is 0.578. The summed E-state index contributed by atoms with van der Waals surface area (Å²) in [6, 6.07) is 8.28. The first-order valence-electron chi connectivity index (χ1n) is 2.89. The number of thioether (sulfide) groups is 2. The number of fused-ring (bicyclic) bond motifs is 1. The van der Waals surface area contributed by atoms with E-state index < -0.39 is 0 Å². The van der Waals surface area contributed by atoms with Crippen molar-refractivity contribution < 1.29 is 0 Å². The van der Waals surface area contributed by atoms with Crippen LogP contribution in [-0.2, 0) is 0 Å². The van der Waals surface area contributed by atoms with Crippen molar-refractivity contribution in [2.45, 2.75) is 9.79 Å². The molecule has 0 amide bonds. The molecule has 0 fully saturated rings. The molecule has 0 saturated heterocycles. The maximum atomic E-state index is 2.97. The molecule has 48 valence electrons. The number of hydrogen-bond acceptors (Lipinski definition) is 2. The van der Waals surface area contributed by atoms with Gasteiger partial charge in [0, 0.05) is 20.6 Å². The summed E-state index contributed by atoms with van der Waals surface area (Å²) in [5.41, 5.74) is 0. The van der Waals surface area contributed by atoms with Gasteiger partial charge in [0.1, 0.15) is 0 Å². The standard InChI is InChI=1S/C8H4S2/c1-2-4-8-7(3-1)9-5-6-10-8/h1-4H. The van der Waals surface area contributed by atoms with Gasteiger partial charge in [0.2, 0.25) is 0 Å². The van der Waals surface area contributed by atoms with Gasteiger partial charge in [-0.05, 0) is 12.1 Å². The van der Waals surface area contributed by atoms with Crippen LogP contribution < -0.4 is 0 Å². The van der Waals surface area contributed by atoms with Crippen molar-refractivity contribution in [1.29, 1.82) is 0 Å². The van der Waals surface area contributed by atoms with Gasteiger partial charge in [-0.15, -0.1) is 0 Å². The van der Waals surface area contributed by atoms with Gasteiger partial charge in [0.05, 0.1) is 0 Å². The van der Waals surface area contributed by atoms with Crippen LogP contribution in [0.5, 0.6) is 0 Å². The molecule has 2 rings (SSSR count). The summed E-state index contributed by atoms with van der Waals surface area (Å²) >= 11 is 3.21. The first kappa shape index (κ1) is 6.38. The summed E-state index contributed by atoms with van der Waals surface area (Å²) in [5, 5.41) is 5.94. The van der Waals surface area contributed by atoms with Crippen LogP contribution in [-0.4, -0.2) is 0 Å². The Labute approximate surface area is 68.7 Å². The van der Waals surface area contributed by atoms with Crippen LogP contribution in [0.15, 0.2) is 34.1 Å². The zero-order valence-corrected chi connectivity index (χ0v) is 6.76. The highest BCUT2D eigenvalue weighted by molar-refractivity contribution is 8.06. The first-order chi connectivity index (χ1) is 4.97. The van der Waals surface area contributed by atoms with Crippen LogP contribution in [0.2, 0.25) is 0 Å². The van der Waals surface area contributed by atoms with E-state index in [-0.39, 0.29) is 0 Å². The number of benzene rings is 1. The lowest BCUT2D eigenvalue weighted by Gasteiger charge is -2.05. The SMILES string of the molecule is [C]1=[C]Sc2ccccc2S1. The van der Waals surface area contributed by atoms with Gasteiger partial charge in [-0.1, -0.05) is 35.7 Å². The monoisotopic (exact) mass is 164 g/mol. The Balaban J connectivity index is 2.47. The normalized spacial score (nSPS) is 14.8. The third kappa shape index (κ3) is 1.09. The fourth-order valence-corrected chi connectivity index (χ4v) is 2.20. The lowest BCUT2D eigenvalue weighted by atomic mass is 10.4. The molecule has 2 heteroatoms. The average Bonchev–Trinajstić information content (AvgIpc) is 2.05. The number of rotatable bonds is 0. The fourth-order valence-electron chi connectivity index (χ4n) is 0.770. The second kappa shape index (κ2) is 2.72. The van der Waals surface area contributed by atoms with Gasteiger partial charge < -0.3 is 0 Å². The molecular formula is C8H4S2. The predicted molar refractivity (Wildman–Crippen MR) is 44.6 cm³/mol. The molecule has 2 radical (unpaired) electrons. The molecule has 10 heavy (non-hydrogen) atoms. The predicted octanol–water partition coefficient (Wildman–Crippen LogP) is 2.96. The summed E-state index contributed by atoms with van der Waals surface area (Å²) in [4.78, 5) is 2.57. The van der Waals surface area contributed by atoms with Gasteiger partial charge in [0.15, 0.2) is 0 Å². The minimum absolute atomic E-state index is 1.28. The summed E-state index contributed by atoms with van der Waals surface area (Å²) in [6.45, 7) is 0.